The fourth-order valence-corrected chi connectivity index (χ4v) is 1.82. The maximum atomic E-state index is 11.9. The van der Waals surface area contributed by atoms with Crippen LogP contribution in [0.1, 0.15) is 29.6 Å². The second kappa shape index (κ2) is 5.50. The second-order valence-corrected chi connectivity index (χ2v) is 4.90. The van der Waals surface area contributed by atoms with Gasteiger partial charge in [0.25, 0.3) is 0 Å². The van der Waals surface area contributed by atoms with Crippen molar-refractivity contribution in [1.29, 1.82) is 0 Å². The molecule has 18 heavy (non-hydrogen) atoms. The molecule has 2 rings (SSSR count). The minimum Gasteiger partial charge on any atom is -0.480 e. The molecule has 1 aromatic rings. The van der Waals surface area contributed by atoms with Gasteiger partial charge in [0.2, 0.25) is 0 Å². The van der Waals surface area contributed by atoms with E-state index in [-0.39, 0.29) is 18.2 Å². The van der Waals surface area contributed by atoms with Crippen LogP contribution < -0.4 is 5.32 Å². The number of Topliss-reactive ketones (excluding diaryl/α,β-unsaturated/α-hetero) is 1. The molecule has 0 aliphatic heterocycles. The molecule has 96 valence electrons. The van der Waals surface area contributed by atoms with Gasteiger partial charge in [0.05, 0.1) is 0 Å². The number of hydrogen-bond donors (Lipinski definition) is 2. The van der Waals surface area contributed by atoms with Crippen LogP contribution in [0.15, 0.2) is 24.3 Å². The molecule has 1 fully saturated rings. The smallest absolute Gasteiger partial charge is 0.321 e. The van der Waals surface area contributed by atoms with Gasteiger partial charge in [0.1, 0.15) is 6.04 Å². The summed E-state index contributed by atoms with van der Waals surface area (Å²) in [5, 5.41) is 12.6. The van der Waals surface area contributed by atoms with Gasteiger partial charge in [-0.3, -0.25) is 9.59 Å². The van der Waals surface area contributed by atoms with Gasteiger partial charge in [-0.25, -0.2) is 0 Å². The molecule has 0 heterocycles. The topological polar surface area (TPSA) is 66.4 Å². The predicted octanol–water partition coefficient (Wildman–Crippen LogP) is 2.12. The van der Waals surface area contributed by atoms with Gasteiger partial charge in [-0.05, 0) is 37.1 Å². The van der Waals surface area contributed by atoms with Crippen molar-refractivity contribution >= 4 is 23.4 Å². The highest BCUT2D eigenvalue weighted by Crippen LogP contribution is 2.20. The van der Waals surface area contributed by atoms with Crippen molar-refractivity contribution in [2.45, 2.75) is 31.3 Å². The molecule has 0 radical (unpaired) electrons. The summed E-state index contributed by atoms with van der Waals surface area (Å²) in [6.07, 6.45) is 1.94. The summed E-state index contributed by atoms with van der Waals surface area (Å²) in [5.74, 6) is -1.17. The van der Waals surface area contributed by atoms with Crippen LogP contribution in [0.25, 0.3) is 0 Å². The Balaban J connectivity index is 1.99. The van der Waals surface area contributed by atoms with Crippen molar-refractivity contribution in [2.75, 3.05) is 0 Å². The van der Waals surface area contributed by atoms with Gasteiger partial charge in [0, 0.05) is 23.0 Å². The maximum absolute atomic E-state index is 11.9. The first-order chi connectivity index (χ1) is 8.56. The first-order valence-electron chi connectivity index (χ1n) is 5.84. The number of carbonyl (C=O) groups is 2. The predicted molar refractivity (Wildman–Crippen MR) is 68.0 cm³/mol. The lowest BCUT2D eigenvalue weighted by molar-refractivity contribution is -0.139. The van der Waals surface area contributed by atoms with Gasteiger partial charge in [-0.1, -0.05) is 11.6 Å². The van der Waals surface area contributed by atoms with E-state index in [1.54, 1.807) is 24.3 Å². The molecule has 1 saturated carbocycles. The molecule has 0 spiro atoms. The van der Waals surface area contributed by atoms with Crippen LogP contribution in [0.3, 0.4) is 0 Å². The first-order valence-corrected chi connectivity index (χ1v) is 6.21. The van der Waals surface area contributed by atoms with E-state index >= 15 is 0 Å². The summed E-state index contributed by atoms with van der Waals surface area (Å²) >= 11 is 5.73. The van der Waals surface area contributed by atoms with E-state index in [1.165, 1.54) is 0 Å². The fraction of sp³-hybridized carbons (Fsp3) is 0.385. The number of aliphatic carboxylic acids is 1. The van der Waals surface area contributed by atoms with E-state index in [0.29, 0.717) is 10.6 Å². The normalized spacial score (nSPS) is 16.3. The molecule has 1 aliphatic carbocycles. The molecular formula is C13H14ClNO3. The number of carboxylic acid groups (broad SMARTS) is 1. The molecule has 4 nitrogen and oxygen atoms in total. The van der Waals surface area contributed by atoms with Gasteiger partial charge in [-0.15, -0.1) is 0 Å². The molecular weight excluding hydrogens is 254 g/mol. The lowest BCUT2D eigenvalue weighted by Gasteiger charge is -2.13. The number of carboxylic acids is 1. The average Bonchev–Trinajstić information content (AvgIpc) is 3.12. The zero-order valence-electron chi connectivity index (χ0n) is 9.73. The van der Waals surface area contributed by atoms with Gasteiger partial charge < -0.3 is 10.4 Å². The molecule has 0 amide bonds. The van der Waals surface area contributed by atoms with Crippen LogP contribution in [0.5, 0.6) is 0 Å². The van der Waals surface area contributed by atoms with Crippen molar-refractivity contribution in [3.8, 4) is 0 Å². The summed E-state index contributed by atoms with van der Waals surface area (Å²) in [6.45, 7) is 0. The Kier molecular flexibility index (Phi) is 3.99. The Morgan fingerprint density at radius 3 is 2.44 bits per heavy atom. The molecule has 1 aromatic carbocycles. The molecule has 0 unspecified atom stereocenters. The third kappa shape index (κ3) is 3.55. The lowest BCUT2D eigenvalue weighted by atomic mass is 10.0. The van der Waals surface area contributed by atoms with Crippen molar-refractivity contribution in [2.24, 2.45) is 0 Å². The first kappa shape index (κ1) is 13.1. The highest BCUT2D eigenvalue weighted by atomic mass is 35.5. The molecule has 1 atom stereocenters. The van der Waals surface area contributed by atoms with E-state index in [2.05, 4.69) is 5.32 Å². The maximum Gasteiger partial charge on any atom is 0.321 e. The number of nitrogens with one attached hydrogen (secondary N) is 1. The number of halogens is 1. The Bertz CT molecular complexity index is 454. The quantitative estimate of drug-likeness (QED) is 0.775. The number of ketones is 1. The van der Waals surface area contributed by atoms with Crippen LogP contribution in [-0.4, -0.2) is 28.9 Å². The van der Waals surface area contributed by atoms with Crippen molar-refractivity contribution in [3.63, 3.8) is 0 Å². The third-order valence-corrected chi connectivity index (χ3v) is 3.12. The standard InChI is InChI=1S/C13H14ClNO3/c14-9-3-1-8(2-4-9)12(16)7-11(13(17)18)15-10-5-6-10/h1-4,10-11,15H,5-7H2,(H,17,18)/t11-/m0/s1. The molecule has 1 aliphatic rings. The minimum atomic E-state index is -0.982. The largest absolute Gasteiger partial charge is 0.480 e. The molecule has 0 saturated heterocycles. The fourth-order valence-electron chi connectivity index (χ4n) is 1.69. The molecule has 0 bridgehead atoms. The summed E-state index contributed by atoms with van der Waals surface area (Å²) in [4.78, 5) is 23.0. The van der Waals surface area contributed by atoms with Gasteiger partial charge in [-0.2, -0.15) is 0 Å². The molecule has 0 aromatic heterocycles. The highest BCUT2D eigenvalue weighted by molar-refractivity contribution is 6.30. The van der Waals surface area contributed by atoms with Crippen LogP contribution >= 0.6 is 11.6 Å². The van der Waals surface area contributed by atoms with Crippen LogP contribution in [0.4, 0.5) is 0 Å². The number of benzene rings is 1. The van der Waals surface area contributed by atoms with E-state index in [9.17, 15) is 9.59 Å². The zero-order chi connectivity index (χ0) is 13.1. The van der Waals surface area contributed by atoms with Crippen LogP contribution in [-0.2, 0) is 4.79 Å². The minimum absolute atomic E-state index is 0.0343. The van der Waals surface area contributed by atoms with Crippen LogP contribution in [0.2, 0.25) is 5.02 Å². The second-order valence-electron chi connectivity index (χ2n) is 4.47. The van der Waals surface area contributed by atoms with Crippen molar-refractivity contribution in [1.82, 2.24) is 5.32 Å². The summed E-state index contributed by atoms with van der Waals surface area (Å²) in [5.41, 5.74) is 0.489. The summed E-state index contributed by atoms with van der Waals surface area (Å²) in [6, 6.07) is 5.92. The average molecular weight is 268 g/mol. The van der Waals surface area contributed by atoms with Gasteiger partial charge >= 0.3 is 5.97 Å². The van der Waals surface area contributed by atoms with Crippen LogP contribution in [0, 0.1) is 0 Å². The third-order valence-electron chi connectivity index (χ3n) is 2.87. The Morgan fingerprint density at radius 1 is 1.33 bits per heavy atom. The SMILES string of the molecule is O=C(C[C@H](NC1CC1)C(=O)O)c1ccc(Cl)cc1. The Morgan fingerprint density at radius 2 is 1.94 bits per heavy atom. The number of rotatable bonds is 6. The highest BCUT2D eigenvalue weighted by Gasteiger charge is 2.29. The monoisotopic (exact) mass is 267 g/mol. The lowest BCUT2D eigenvalue weighted by Crippen LogP contribution is -2.39. The number of carbonyl (C=O) groups excluding carboxylic acids is 1. The van der Waals surface area contributed by atoms with Crippen molar-refractivity contribution < 1.29 is 14.7 Å². The van der Waals surface area contributed by atoms with Gasteiger partial charge in [0.15, 0.2) is 5.78 Å². The van der Waals surface area contributed by atoms with E-state index in [1.807, 2.05) is 0 Å². The van der Waals surface area contributed by atoms with E-state index < -0.39 is 12.0 Å². The molecule has 2 N–H and O–H groups in total. The Hall–Kier alpha value is -1.39. The van der Waals surface area contributed by atoms with Crippen molar-refractivity contribution in [3.05, 3.63) is 34.9 Å². The summed E-state index contributed by atoms with van der Waals surface area (Å²) in [7, 11) is 0. The van der Waals surface area contributed by atoms with E-state index in [4.69, 9.17) is 16.7 Å². The zero-order valence-corrected chi connectivity index (χ0v) is 10.5. The molecule has 5 heteroatoms. The Labute approximate surface area is 110 Å². The number of hydrogen-bond acceptors (Lipinski definition) is 3. The summed E-state index contributed by atoms with van der Waals surface area (Å²) < 4.78 is 0. The van der Waals surface area contributed by atoms with E-state index in [0.717, 1.165) is 12.8 Å².